The lowest BCUT2D eigenvalue weighted by molar-refractivity contribution is 0.0782. The monoisotopic (exact) mass is 532 g/mol. The van der Waals surface area contributed by atoms with Gasteiger partial charge in [0.05, 0.1) is 6.04 Å². The predicted molar refractivity (Wildman–Crippen MR) is 136 cm³/mol. The standard InChI is InChI=1S/C22H36N4OS.HI/c1-3-28-22(11-15-27-16-12-22)18-25-21(23-2)24-17-20(26-13-7-8-14-26)19-9-5-4-6-10-19;/h4-6,9-10,20H,3,7-8,11-18H2,1-2H3,(H2,23,24,25);1H. The zero-order valence-corrected chi connectivity index (χ0v) is 21.0. The molecular formula is C22H37IN4OS. The summed E-state index contributed by atoms with van der Waals surface area (Å²) in [6, 6.07) is 11.3. The molecule has 7 heteroatoms. The minimum Gasteiger partial charge on any atom is -0.381 e. The Morgan fingerprint density at radius 1 is 1.17 bits per heavy atom. The summed E-state index contributed by atoms with van der Waals surface area (Å²) in [5, 5.41) is 7.21. The van der Waals surface area contributed by atoms with E-state index < -0.39 is 0 Å². The van der Waals surface area contributed by atoms with Crippen molar-refractivity contribution >= 4 is 41.7 Å². The third-order valence-corrected chi connectivity index (χ3v) is 7.34. The Kier molecular flexibility index (Phi) is 11.1. The normalized spacial score (nSPS) is 20.7. The van der Waals surface area contributed by atoms with Crippen LogP contribution in [0.4, 0.5) is 0 Å². The van der Waals surface area contributed by atoms with Crippen molar-refractivity contribution in [1.82, 2.24) is 15.5 Å². The highest BCUT2D eigenvalue weighted by atomic mass is 127. The Hall–Kier alpha value is -0.510. The molecule has 2 heterocycles. The van der Waals surface area contributed by atoms with Gasteiger partial charge in [-0.2, -0.15) is 11.8 Å². The number of halogens is 1. The Morgan fingerprint density at radius 2 is 1.86 bits per heavy atom. The van der Waals surface area contributed by atoms with E-state index in [-0.39, 0.29) is 28.7 Å². The number of rotatable bonds is 8. The minimum absolute atomic E-state index is 0. The van der Waals surface area contributed by atoms with Crippen molar-refractivity contribution in [2.75, 3.05) is 52.2 Å². The summed E-state index contributed by atoms with van der Waals surface area (Å²) in [5.41, 5.74) is 1.38. The van der Waals surface area contributed by atoms with Gasteiger partial charge in [0.1, 0.15) is 0 Å². The van der Waals surface area contributed by atoms with Crippen LogP contribution in [0, 0.1) is 0 Å². The number of hydrogen-bond acceptors (Lipinski definition) is 4. The summed E-state index contributed by atoms with van der Waals surface area (Å²) in [5.74, 6) is 2.04. The number of ether oxygens (including phenoxy) is 1. The first-order valence-electron chi connectivity index (χ1n) is 10.7. The molecule has 29 heavy (non-hydrogen) atoms. The van der Waals surface area contributed by atoms with Gasteiger partial charge in [0.15, 0.2) is 5.96 Å². The Morgan fingerprint density at radius 3 is 2.48 bits per heavy atom. The third kappa shape index (κ3) is 7.29. The molecular weight excluding hydrogens is 495 g/mol. The Balaban J connectivity index is 0.00000300. The second-order valence-electron chi connectivity index (χ2n) is 7.70. The fraction of sp³-hybridized carbons (Fsp3) is 0.682. The molecule has 2 fully saturated rings. The molecule has 3 rings (SSSR count). The summed E-state index contributed by atoms with van der Waals surface area (Å²) in [4.78, 5) is 7.09. The number of nitrogens with zero attached hydrogens (tertiary/aromatic N) is 2. The predicted octanol–water partition coefficient (Wildman–Crippen LogP) is 3.91. The van der Waals surface area contributed by atoms with Crippen LogP contribution in [0.5, 0.6) is 0 Å². The van der Waals surface area contributed by atoms with Crippen molar-refractivity contribution in [1.29, 1.82) is 0 Å². The quantitative estimate of drug-likeness (QED) is 0.302. The minimum atomic E-state index is 0. The molecule has 2 N–H and O–H groups in total. The van der Waals surface area contributed by atoms with Crippen molar-refractivity contribution in [3.8, 4) is 0 Å². The molecule has 5 nitrogen and oxygen atoms in total. The van der Waals surface area contributed by atoms with Gasteiger partial charge in [-0.1, -0.05) is 37.3 Å². The summed E-state index contributed by atoms with van der Waals surface area (Å²) in [7, 11) is 1.87. The Bertz CT molecular complexity index is 599. The molecule has 0 amide bonds. The van der Waals surface area contributed by atoms with E-state index in [1.807, 2.05) is 7.05 Å². The van der Waals surface area contributed by atoms with E-state index >= 15 is 0 Å². The molecule has 2 aliphatic heterocycles. The molecule has 2 saturated heterocycles. The van der Waals surface area contributed by atoms with Crippen LogP contribution in [-0.2, 0) is 4.74 Å². The number of nitrogens with one attached hydrogen (secondary N) is 2. The lowest BCUT2D eigenvalue weighted by Gasteiger charge is -2.37. The van der Waals surface area contributed by atoms with E-state index in [0.717, 1.165) is 50.9 Å². The number of hydrogen-bond donors (Lipinski definition) is 2. The highest BCUT2D eigenvalue weighted by molar-refractivity contribution is 14.0. The third-order valence-electron chi connectivity index (χ3n) is 5.88. The van der Waals surface area contributed by atoms with Crippen LogP contribution >= 0.6 is 35.7 Å². The highest BCUT2D eigenvalue weighted by Gasteiger charge is 2.33. The van der Waals surface area contributed by atoms with Crippen molar-refractivity contribution in [3.63, 3.8) is 0 Å². The topological polar surface area (TPSA) is 48.9 Å². The smallest absolute Gasteiger partial charge is 0.191 e. The number of aliphatic imine (C=N–C) groups is 1. The molecule has 1 unspecified atom stereocenters. The van der Waals surface area contributed by atoms with E-state index in [9.17, 15) is 0 Å². The van der Waals surface area contributed by atoms with Crippen LogP contribution in [0.25, 0.3) is 0 Å². The largest absolute Gasteiger partial charge is 0.381 e. The SMILES string of the molecule is CCSC1(CNC(=NC)NCC(c2ccccc2)N2CCCC2)CCOCC1.I. The van der Waals surface area contributed by atoms with E-state index in [1.54, 1.807) is 0 Å². The van der Waals surface area contributed by atoms with Gasteiger partial charge >= 0.3 is 0 Å². The lowest BCUT2D eigenvalue weighted by Crippen LogP contribution is -2.49. The van der Waals surface area contributed by atoms with Gasteiger partial charge in [-0.15, -0.1) is 24.0 Å². The molecule has 164 valence electrons. The summed E-state index contributed by atoms with van der Waals surface area (Å²) < 4.78 is 5.86. The van der Waals surface area contributed by atoms with Gasteiger partial charge in [-0.05, 0) is 50.1 Å². The first kappa shape index (κ1) is 24.8. The average molecular weight is 533 g/mol. The summed E-state index contributed by atoms with van der Waals surface area (Å²) in [6.45, 7) is 8.16. The molecule has 0 spiro atoms. The fourth-order valence-electron chi connectivity index (χ4n) is 4.27. The van der Waals surface area contributed by atoms with E-state index in [2.05, 4.69) is 69.5 Å². The van der Waals surface area contributed by atoms with Crippen LogP contribution in [0.3, 0.4) is 0 Å². The first-order valence-corrected chi connectivity index (χ1v) is 11.7. The van der Waals surface area contributed by atoms with Gasteiger partial charge in [0.25, 0.3) is 0 Å². The van der Waals surface area contributed by atoms with Gasteiger partial charge in [-0.3, -0.25) is 9.89 Å². The van der Waals surface area contributed by atoms with Crippen molar-refractivity contribution in [2.24, 2.45) is 4.99 Å². The fourth-order valence-corrected chi connectivity index (χ4v) is 5.51. The number of thioether (sulfide) groups is 1. The van der Waals surface area contributed by atoms with Crippen LogP contribution < -0.4 is 10.6 Å². The van der Waals surface area contributed by atoms with Gasteiger partial charge in [0, 0.05) is 38.1 Å². The molecule has 1 aromatic rings. The number of likely N-dealkylation sites (tertiary alicyclic amines) is 1. The van der Waals surface area contributed by atoms with Gasteiger partial charge < -0.3 is 15.4 Å². The van der Waals surface area contributed by atoms with Gasteiger partial charge in [-0.25, -0.2) is 0 Å². The zero-order chi connectivity index (χ0) is 19.7. The molecule has 2 aliphatic rings. The van der Waals surface area contributed by atoms with Crippen molar-refractivity contribution in [3.05, 3.63) is 35.9 Å². The van der Waals surface area contributed by atoms with Crippen LogP contribution in [0.15, 0.2) is 35.3 Å². The zero-order valence-electron chi connectivity index (χ0n) is 17.9. The molecule has 0 bridgehead atoms. The molecule has 0 saturated carbocycles. The number of guanidine groups is 1. The maximum Gasteiger partial charge on any atom is 0.191 e. The average Bonchev–Trinajstić information content (AvgIpc) is 3.27. The molecule has 0 aliphatic carbocycles. The van der Waals surface area contributed by atoms with Crippen molar-refractivity contribution in [2.45, 2.75) is 43.4 Å². The summed E-state index contributed by atoms with van der Waals surface area (Å²) in [6.07, 6.45) is 4.82. The number of benzene rings is 1. The second kappa shape index (κ2) is 13.0. The second-order valence-corrected chi connectivity index (χ2v) is 9.44. The Labute approximate surface area is 197 Å². The summed E-state index contributed by atoms with van der Waals surface area (Å²) >= 11 is 2.06. The molecule has 0 aromatic heterocycles. The van der Waals surface area contributed by atoms with Crippen LogP contribution in [-0.4, -0.2) is 67.8 Å². The van der Waals surface area contributed by atoms with Crippen LogP contribution in [0.2, 0.25) is 0 Å². The van der Waals surface area contributed by atoms with Crippen LogP contribution in [0.1, 0.15) is 44.2 Å². The molecule has 1 aromatic carbocycles. The van der Waals surface area contributed by atoms with E-state index in [1.165, 1.54) is 31.5 Å². The highest BCUT2D eigenvalue weighted by Crippen LogP contribution is 2.34. The lowest BCUT2D eigenvalue weighted by atomic mass is 9.99. The van der Waals surface area contributed by atoms with E-state index in [0.29, 0.717) is 6.04 Å². The maximum atomic E-state index is 5.60. The van der Waals surface area contributed by atoms with Gasteiger partial charge in [0.2, 0.25) is 0 Å². The molecule has 0 radical (unpaired) electrons. The van der Waals surface area contributed by atoms with Crippen molar-refractivity contribution < 1.29 is 4.74 Å². The van der Waals surface area contributed by atoms with E-state index in [4.69, 9.17) is 4.74 Å². The first-order chi connectivity index (χ1) is 13.8. The molecule has 1 atom stereocenters. The maximum absolute atomic E-state index is 5.60.